The number of aryl methyl sites for hydroxylation is 1. The van der Waals surface area contributed by atoms with Crippen LogP contribution in [-0.4, -0.2) is 55.8 Å². The van der Waals surface area contributed by atoms with Crippen LogP contribution < -0.4 is 10.0 Å². The van der Waals surface area contributed by atoms with Crippen LogP contribution in [0.1, 0.15) is 17.5 Å². The van der Waals surface area contributed by atoms with Crippen molar-refractivity contribution in [3.63, 3.8) is 0 Å². The fourth-order valence-electron chi connectivity index (χ4n) is 3.23. The molecule has 0 saturated carbocycles. The Morgan fingerprint density at radius 3 is 2.52 bits per heavy atom. The minimum atomic E-state index is -3.77. The number of benzene rings is 1. The number of ether oxygens (including phenoxy) is 1. The molecule has 1 amide bonds. The zero-order valence-corrected chi connectivity index (χ0v) is 18.1. The van der Waals surface area contributed by atoms with Crippen LogP contribution in [0, 0.1) is 6.92 Å². The van der Waals surface area contributed by atoms with Crippen LogP contribution in [0.3, 0.4) is 0 Å². The highest BCUT2D eigenvalue weighted by atomic mass is 32.2. The van der Waals surface area contributed by atoms with E-state index < -0.39 is 28.3 Å². The summed E-state index contributed by atoms with van der Waals surface area (Å²) >= 11 is 0. The normalized spacial score (nSPS) is 21.0. The van der Waals surface area contributed by atoms with E-state index in [2.05, 4.69) is 15.0 Å². The van der Waals surface area contributed by atoms with Gasteiger partial charge in [-0.3, -0.25) is 9.78 Å². The Morgan fingerprint density at radius 1 is 1.13 bits per heavy atom. The fourth-order valence-corrected chi connectivity index (χ4v) is 4.44. The van der Waals surface area contributed by atoms with Crippen molar-refractivity contribution in [1.29, 1.82) is 0 Å². The quantitative estimate of drug-likeness (QED) is 0.498. The first kappa shape index (κ1) is 23.1. The SMILES string of the molecule is Cc1ccc(S(=O)(=O)N[C@@H]2C=C[C@@H](CC(=O)NCCc3ccncc3)O[C@H]2CO)cc1. The van der Waals surface area contributed by atoms with Gasteiger partial charge in [0.1, 0.15) is 6.10 Å². The van der Waals surface area contributed by atoms with E-state index in [0.717, 1.165) is 11.1 Å². The molecule has 0 unspecified atom stereocenters. The van der Waals surface area contributed by atoms with E-state index >= 15 is 0 Å². The molecule has 0 spiro atoms. The van der Waals surface area contributed by atoms with Crippen LogP contribution in [0.15, 0.2) is 65.8 Å². The Bertz CT molecular complexity index is 994. The third-order valence-corrected chi connectivity index (χ3v) is 6.43. The van der Waals surface area contributed by atoms with Crippen molar-refractivity contribution in [2.24, 2.45) is 0 Å². The minimum Gasteiger partial charge on any atom is -0.394 e. The van der Waals surface area contributed by atoms with E-state index in [1.165, 1.54) is 12.1 Å². The Balaban J connectivity index is 1.53. The molecule has 8 nitrogen and oxygen atoms in total. The zero-order valence-electron chi connectivity index (χ0n) is 17.3. The number of pyridine rings is 1. The summed E-state index contributed by atoms with van der Waals surface area (Å²) in [6.45, 7) is 1.98. The first-order valence-corrected chi connectivity index (χ1v) is 11.5. The molecule has 3 N–H and O–H groups in total. The van der Waals surface area contributed by atoms with E-state index in [1.807, 2.05) is 19.1 Å². The Hall–Kier alpha value is -2.59. The number of hydrogen-bond acceptors (Lipinski definition) is 6. The van der Waals surface area contributed by atoms with Crippen molar-refractivity contribution in [2.45, 2.75) is 42.9 Å². The van der Waals surface area contributed by atoms with Gasteiger partial charge < -0.3 is 15.2 Å². The highest BCUT2D eigenvalue weighted by molar-refractivity contribution is 7.89. The number of nitrogens with zero attached hydrogens (tertiary/aromatic N) is 1. The molecule has 1 aromatic carbocycles. The second-order valence-corrected chi connectivity index (χ2v) is 9.11. The van der Waals surface area contributed by atoms with Crippen molar-refractivity contribution in [2.75, 3.05) is 13.2 Å². The molecular formula is C22H27N3O5S. The summed E-state index contributed by atoms with van der Waals surface area (Å²) < 4.78 is 33.5. The van der Waals surface area contributed by atoms with Gasteiger partial charge in [-0.15, -0.1) is 0 Å². The van der Waals surface area contributed by atoms with Crippen molar-refractivity contribution >= 4 is 15.9 Å². The average Bonchev–Trinajstić information content (AvgIpc) is 2.75. The van der Waals surface area contributed by atoms with Crippen molar-refractivity contribution < 1.29 is 23.1 Å². The molecule has 0 saturated heterocycles. The second-order valence-electron chi connectivity index (χ2n) is 7.40. The first-order chi connectivity index (χ1) is 14.9. The fraction of sp³-hybridized carbons (Fsp3) is 0.364. The predicted molar refractivity (Wildman–Crippen MR) is 116 cm³/mol. The van der Waals surface area contributed by atoms with Crippen molar-refractivity contribution in [3.05, 3.63) is 72.1 Å². The summed E-state index contributed by atoms with van der Waals surface area (Å²) in [5.41, 5.74) is 2.03. The third-order valence-electron chi connectivity index (χ3n) is 4.96. The number of sulfonamides is 1. The van der Waals surface area contributed by atoms with Crippen molar-refractivity contribution in [1.82, 2.24) is 15.0 Å². The van der Waals surface area contributed by atoms with Crippen LogP contribution in [0.5, 0.6) is 0 Å². The second kappa shape index (κ2) is 10.6. The Kier molecular flexibility index (Phi) is 7.91. The number of carbonyl (C=O) groups excluding carboxylic acids is 1. The van der Waals surface area contributed by atoms with Crippen LogP contribution in [0.4, 0.5) is 0 Å². The smallest absolute Gasteiger partial charge is 0.241 e. The number of aliphatic hydroxyl groups excluding tert-OH is 1. The van der Waals surface area contributed by atoms with Gasteiger partial charge in [0.25, 0.3) is 0 Å². The molecule has 3 atom stereocenters. The number of hydrogen-bond donors (Lipinski definition) is 3. The van der Waals surface area contributed by atoms with E-state index in [-0.39, 0.29) is 23.8 Å². The van der Waals surface area contributed by atoms with Gasteiger partial charge in [0, 0.05) is 18.9 Å². The summed E-state index contributed by atoms with van der Waals surface area (Å²) in [5, 5.41) is 12.5. The van der Waals surface area contributed by atoms with Crippen LogP contribution in [-0.2, 0) is 26.0 Å². The lowest BCUT2D eigenvalue weighted by atomic mass is 10.1. The summed E-state index contributed by atoms with van der Waals surface area (Å²) in [6, 6.07) is 9.53. The molecule has 1 aliphatic heterocycles. The van der Waals surface area contributed by atoms with Gasteiger partial charge in [0.15, 0.2) is 0 Å². The molecule has 1 aromatic heterocycles. The predicted octanol–water partition coefficient (Wildman–Crippen LogP) is 1.10. The van der Waals surface area contributed by atoms with E-state index in [1.54, 1.807) is 36.7 Å². The summed E-state index contributed by atoms with van der Waals surface area (Å²) in [7, 11) is -3.77. The Labute approximate surface area is 182 Å². The van der Waals surface area contributed by atoms with Crippen LogP contribution in [0.2, 0.25) is 0 Å². The van der Waals surface area contributed by atoms with Crippen LogP contribution in [0.25, 0.3) is 0 Å². The molecule has 9 heteroatoms. The summed E-state index contributed by atoms with van der Waals surface area (Å²) in [4.78, 5) is 16.3. The molecule has 31 heavy (non-hydrogen) atoms. The van der Waals surface area contributed by atoms with Gasteiger partial charge in [-0.25, -0.2) is 13.1 Å². The maximum Gasteiger partial charge on any atom is 0.241 e. The molecule has 0 bridgehead atoms. The molecule has 166 valence electrons. The molecule has 0 aliphatic carbocycles. The molecular weight excluding hydrogens is 418 g/mol. The van der Waals surface area contributed by atoms with E-state index in [0.29, 0.717) is 13.0 Å². The van der Waals surface area contributed by atoms with Crippen molar-refractivity contribution in [3.8, 4) is 0 Å². The van der Waals surface area contributed by atoms with Gasteiger partial charge in [0.05, 0.1) is 30.1 Å². The largest absolute Gasteiger partial charge is 0.394 e. The number of rotatable bonds is 9. The van der Waals surface area contributed by atoms with Gasteiger partial charge in [-0.05, 0) is 43.2 Å². The topological polar surface area (TPSA) is 118 Å². The standard InChI is InChI=1S/C22H27N3O5S/c1-16-2-5-19(6-3-16)31(28,29)25-20-7-4-18(30-21(20)15-26)14-22(27)24-13-10-17-8-11-23-12-9-17/h2-9,11-12,18,20-21,25-26H,10,13-15H2,1H3,(H,24,27)/t18-,20+,21-/m0/s1. The Morgan fingerprint density at radius 2 is 1.84 bits per heavy atom. The lowest BCUT2D eigenvalue weighted by Crippen LogP contribution is -2.49. The number of nitrogens with one attached hydrogen (secondary N) is 2. The molecule has 2 aromatic rings. The van der Waals surface area contributed by atoms with Gasteiger partial charge in [-0.1, -0.05) is 29.8 Å². The van der Waals surface area contributed by atoms with E-state index in [4.69, 9.17) is 4.74 Å². The van der Waals surface area contributed by atoms with Gasteiger partial charge in [-0.2, -0.15) is 0 Å². The monoisotopic (exact) mass is 445 g/mol. The lowest BCUT2D eigenvalue weighted by Gasteiger charge is -2.31. The van der Waals surface area contributed by atoms with E-state index in [9.17, 15) is 18.3 Å². The highest BCUT2D eigenvalue weighted by Gasteiger charge is 2.31. The number of aliphatic hydroxyl groups is 1. The first-order valence-electron chi connectivity index (χ1n) is 10.1. The molecule has 0 radical (unpaired) electrons. The minimum absolute atomic E-state index is 0.0841. The van der Waals surface area contributed by atoms with Crippen LogP contribution >= 0.6 is 0 Å². The molecule has 1 aliphatic rings. The number of carbonyl (C=O) groups is 1. The molecule has 2 heterocycles. The third kappa shape index (κ3) is 6.70. The zero-order chi connectivity index (χ0) is 22.3. The van der Waals surface area contributed by atoms with Gasteiger partial charge in [0.2, 0.25) is 15.9 Å². The lowest BCUT2D eigenvalue weighted by molar-refractivity contribution is -0.125. The highest BCUT2D eigenvalue weighted by Crippen LogP contribution is 2.18. The summed E-state index contributed by atoms with van der Waals surface area (Å²) in [6.07, 6.45) is 6.13. The maximum absolute atomic E-state index is 12.6. The maximum atomic E-state index is 12.6. The average molecular weight is 446 g/mol. The number of amides is 1. The molecule has 0 fully saturated rings. The van der Waals surface area contributed by atoms with Gasteiger partial charge >= 0.3 is 0 Å². The summed E-state index contributed by atoms with van der Waals surface area (Å²) in [5.74, 6) is -0.181. The number of aromatic nitrogens is 1. The molecule has 3 rings (SSSR count).